The smallest absolute Gasteiger partial charge is 0.135 e. The lowest BCUT2D eigenvalue weighted by atomic mass is 9.65. The van der Waals surface area contributed by atoms with Crippen LogP contribution in [0.25, 0.3) is 93.9 Å². The van der Waals surface area contributed by atoms with Crippen molar-refractivity contribution in [1.29, 1.82) is 0 Å². The van der Waals surface area contributed by atoms with E-state index < -0.39 is 10.8 Å². The lowest BCUT2D eigenvalue weighted by Crippen LogP contribution is -2.33. The first kappa shape index (κ1) is 46.1. The van der Waals surface area contributed by atoms with Crippen molar-refractivity contribution in [3.8, 4) is 50.2 Å². The summed E-state index contributed by atoms with van der Waals surface area (Å²) >= 11 is 0. The predicted molar refractivity (Wildman–Crippen MR) is 342 cm³/mol. The highest BCUT2D eigenvalue weighted by atomic mass is 16.3. The van der Waals surface area contributed by atoms with Crippen LogP contribution in [0.5, 0.6) is 0 Å². The number of hydrogen-bond donors (Lipinski definition) is 0. The third kappa shape index (κ3) is 6.28. The fraction of sp³-hybridized carbons (Fsp3) is 0.0250. The van der Waals surface area contributed by atoms with Crippen LogP contribution in [0.4, 0.5) is 17.1 Å². The second kappa shape index (κ2) is 17.4. The molecule has 1 unspecified atom stereocenters. The Morgan fingerprint density at radius 3 is 1.47 bits per heavy atom. The number of hydrogen-bond acceptors (Lipinski definition) is 2. The van der Waals surface area contributed by atoms with Crippen LogP contribution in [0.15, 0.2) is 308 Å². The van der Waals surface area contributed by atoms with E-state index in [1.54, 1.807) is 0 Å². The summed E-state index contributed by atoms with van der Waals surface area (Å²) in [6.45, 7) is 0. The fourth-order valence-corrected chi connectivity index (χ4v) is 15.3. The van der Waals surface area contributed by atoms with Crippen LogP contribution in [-0.2, 0) is 10.8 Å². The molecule has 3 heterocycles. The summed E-state index contributed by atoms with van der Waals surface area (Å²) in [7, 11) is 0. The van der Waals surface area contributed by atoms with Crippen molar-refractivity contribution < 1.29 is 4.42 Å². The number of nitrogens with zero attached hydrogens (tertiary/aromatic N) is 2. The number of benzene rings is 13. The minimum atomic E-state index is -0.550. The summed E-state index contributed by atoms with van der Waals surface area (Å²) in [6.07, 6.45) is 0. The van der Waals surface area contributed by atoms with Crippen LogP contribution in [0.2, 0.25) is 0 Å². The third-order valence-corrected chi connectivity index (χ3v) is 18.7. The van der Waals surface area contributed by atoms with Gasteiger partial charge in [0.05, 0.1) is 27.6 Å². The largest absolute Gasteiger partial charge is 0.456 e. The van der Waals surface area contributed by atoms with Gasteiger partial charge in [-0.15, -0.1) is 0 Å². The highest BCUT2D eigenvalue weighted by Crippen LogP contribution is 2.62. The lowest BCUT2D eigenvalue weighted by Gasteiger charge is -2.39. The van der Waals surface area contributed by atoms with E-state index >= 15 is 0 Å². The molecular formula is C80H50N2O. The van der Waals surface area contributed by atoms with Gasteiger partial charge in [0.25, 0.3) is 0 Å². The molecule has 18 rings (SSSR count). The Kier molecular flexibility index (Phi) is 9.64. The van der Waals surface area contributed by atoms with Gasteiger partial charge in [-0.2, -0.15) is 0 Å². The Labute approximate surface area is 480 Å². The van der Waals surface area contributed by atoms with E-state index in [0.29, 0.717) is 0 Å². The molecule has 3 heteroatoms. The highest BCUT2D eigenvalue weighted by Gasteiger charge is 2.51. The second-order valence-corrected chi connectivity index (χ2v) is 22.6. The standard InChI is InChI=1S/C80H50N2O/c1-3-18-55(19-4-1)79(56-20-5-2-6-21-56)68-27-11-7-22-60(68)63-46-44-59(50-73(63)79)81(57-40-34-51(35-41-57)53-39-47-77-67(48-53)65-25-10-16-33-76(65)83-77)58-42-36-52(37-43-58)54-38-45-62-61-23-8-12-28-69(61)80(72(62)49-54)70-29-13-15-32-75(70)82-74-31-14-9-24-64(74)66-26-17-30-71(80)78(66)82/h1-50H. The fourth-order valence-electron chi connectivity index (χ4n) is 15.3. The van der Waals surface area contributed by atoms with Gasteiger partial charge in [0.2, 0.25) is 0 Å². The molecule has 15 aromatic rings. The first-order valence-corrected chi connectivity index (χ1v) is 28.8. The molecule has 13 aromatic carbocycles. The molecule has 1 atom stereocenters. The van der Waals surface area contributed by atoms with Gasteiger partial charge in [-0.25, -0.2) is 0 Å². The molecule has 0 radical (unpaired) electrons. The number of furan rings is 1. The number of aromatic nitrogens is 1. The number of rotatable bonds is 7. The maximum atomic E-state index is 6.25. The first-order valence-electron chi connectivity index (χ1n) is 28.8. The molecule has 0 saturated carbocycles. The Morgan fingerprint density at radius 1 is 0.277 bits per heavy atom. The molecule has 0 N–H and O–H groups in total. The molecule has 1 spiro atoms. The molecule has 3 aliphatic rings. The van der Waals surface area contributed by atoms with Crippen molar-refractivity contribution in [2.45, 2.75) is 10.8 Å². The zero-order valence-corrected chi connectivity index (χ0v) is 45.2. The van der Waals surface area contributed by atoms with Crippen LogP contribution in [-0.4, -0.2) is 4.57 Å². The summed E-state index contributed by atoms with van der Waals surface area (Å²) in [5, 5.41) is 4.81. The minimum Gasteiger partial charge on any atom is -0.456 e. The molecule has 0 fully saturated rings. The molecule has 2 aliphatic carbocycles. The van der Waals surface area contributed by atoms with E-state index in [1.165, 1.54) is 99.8 Å². The second-order valence-electron chi connectivity index (χ2n) is 22.6. The van der Waals surface area contributed by atoms with Gasteiger partial charge in [-0.1, -0.05) is 231 Å². The highest BCUT2D eigenvalue weighted by molar-refractivity contribution is 6.13. The lowest BCUT2D eigenvalue weighted by molar-refractivity contribution is 0.669. The summed E-state index contributed by atoms with van der Waals surface area (Å²) in [4.78, 5) is 2.44. The number of para-hydroxylation sites is 4. The Morgan fingerprint density at radius 2 is 0.759 bits per heavy atom. The maximum Gasteiger partial charge on any atom is 0.135 e. The molecule has 386 valence electrons. The monoisotopic (exact) mass is 1050 g/mol. The molecule has 2 aromatic heterocycles. The predicted octanol–water partition coefficient (Wildman–Crippen LogP) is 20.5. The Balaban J connectivity index is 0.807. The Bertz CT molecular complexity index is 5110. The SMILES string of the molecule is c1ccc(C2(c3ccccc3)c3ccccc3-c3ccc(N(c4ccc(-c5ccc6c(c5)C5(c7ccccc7-6)c6ccccc6-n6c7ccccc7c7cccc5c76)cc4)c4ccc(-c5ccc6oc7ccccc7c6c5)cc4)cc32)cc1. The van der Waals surface area contributed by atoms with Gasteiger partial charge in [0.15, 0.2) is 0 Å². The van der Waals surface area contributed by atoms with Gasteiger partial charge in [-0.05, 0) is 162 Å². The van der Waals surface area contributed by atoms with E-state index in [0.717, 1.165) is 55.7 Å². The molecule has 0 amide bonds. The summed E-state index contributed by atoms with van der Waals surface area (Å²) in [6, 6.07) is 113. The minimum absolute atomic E-state index is 0.536. The van der Waals surface area contributed by atoms with E-state index in [1.807, 2.05) is 12.1 Å². The van der Waals surface area contributed by atoms with Crippen molar-refractivity contribution in [3.63, 3.8) is 0 Å². The number of anilines is 3. The average molecular weight is 1060 g/mol. The molecule has 83 heavy (non-hydrogen) atoms. The van der Waals surface area contributed by atoms with Crippen molar-refractivity contribution in [2.75, 3.05) is 4.90 Å². The van der Waals surface area contributed by atoms with E-state index in [9.17, 15) is 0 Å². The van der Waals surface area contributed by atoms with Crippen LogP contribution in [0, 0.1) is 0 Å². The van der Waals surface area contributed by atoms with Gasteiger partial charge in [0, 0.05) is 38.6 Å². The molecule has 3 nitrogen and oxygen atoms in total. The van der Waals surface area contributed by atoms with Crippen molar-refractivity contribution in [2.24, 2.45) is 0 Å². The number of fused-ring (bicyclic) bond motifs is 18. The summed E-state index contributed by atoms with van der Waals surface area (Å²) in [5.74, 6) is 0. The topological polar surface area (TPSA) is 21.3 Å². The van der Waals surface area contributed by atoms with Gasteiger partial charge < -0.3 is 13.9 Å². The molecular weight excluding hydrogens is 1000 g/mol. The van der Waals surface area contributed by atoms with Crippen molar-refractivity contribution in [1.82, 2.24) is 4.57 Å². The maximum absolute atomic E-state index is 6.25. The molecule has 0 saturated heterocycles. The van der Waals surface area contributed by atoms with Crippen LogP contribution < -0.4 is 4.90 Å². The normalized spacial score (nSPS) is 14.9. The van der Waals surface area contributed by atoms with Crippen molar-refractivity contribution in [3.05, 3.63) is 348 Å². The Hall–Kier alpha value is -10.7. The average Bonchev–Trinajstić information content (AvgIpc) is 2.36. The zero-order valence-electron chi connectivity index (χ0n) is 45.2. The summed E-state index contributed by atoms with van der Waals surface area (Å²) in [5.41, 5.74) is 27.7. The van der Waals surface area contributed by atoms with Gasteiger partial charge in [0.1, 0.15) is 11.2 Å². The summed E-state index contributed by atoms with van der Waals surface area (Å²) < 4.78 is 8.77. The van der Waals surface area contributed by atoms with E-state index in [-0.39, 0.29) is 0 Å². The quantitative estimate of drug-likeness (QED) is 0.159. The zero-order chi connectivity index (χ0) is 54.4. The first-order chi connectivity index (χ1) is 41.2. The van der Waals surface area contributed by atoms with E-state index in [4.69, 9.17) is 4.42 Å². The van der Waals surface area contributed by atoms with E-state index in [2.05, 4.69) is 301 Å². The van der Waals surface area contributed by atoms with Crippen LogP contribution in [0.3, 0.4) is 0 Å². The van der Waals surface area contributed by atoms with Crippen LogP contribution in [0.1, 0.15) is 44.5 Å². The van der Waals surface area contributed by atoms with Gasteiger partial charge >= 0.3 is 0 Å². The van der Waals surface area contributed by atoms with Crippen LogP contribution >= 0.6 is 0 Å². The van der Waals surface area contributed by atoms with Gasteiger partial charge in [-0.3, -0.25) is 0 Å². The molecule has 0 bridgehead atoms. The van der Waals surface area contributed by atoms with Crippen molar-refractivity contribution >= 4 is 60.8 Å². The molecule has 1 aliphatic heterocycles. The third-order valence-electron chi connectivity index (χ3n) is 18.7.